The lowest BCUT2D eigenvalue weighted by Crippen LogP contribution is -2.45. The van der Waals surface area contributed by atoms with Gasteiger partial charge in [0.25, 0.3) is 0 Å². The van der Waals surface area contributed by atoms with Gasteiger partial charge in [-0.2, -0.15) is 0 Å². The van der Waals surface area contributed by atoms with Crippen molar-refractivity contribution in [3.8, 4) is 0 Å². The molecule has 1 N–H and O–H groups in total. The molecule has 0 aromatic heterocycles. The Labute approximate surface area is 153 Å². The Morgan fingerprint density at radius 1 is 1.16 bits per heavy atom. The monoisotopic (exact) mass is 380 g/mol. The molecule has 134 valence electrons. The minimum absolute atomic E-state index is 0.419. The molecule has 2 rings (SSSR count). The Hall–Kier alpha value is -2.05. The molecular formula is C18H21ClN2O3S. The van der Waals surface area contributed by atoms with Crippen LogP contribution in [0.2, 0.25) is 5.02 Å². The molecule has 0 fully saturated rings. The lowest BCUT2D eigenvalue weighted by molar-refractivity contribution is -0.116. The number of anilines is 2. The lowest BCUT2D eigenvalue weighted by atomic mass is 10.1. The molecule has 0 spiro atoms. The fourth-order valence-corrected chi connectivity index (χ4v) is 3.97. The fraction of sp³-hybridized carbons (Fsp3) is 0.278. The van der Waals surface area contributed by atoms with E-state index in [0.29, 0.717) is 16.4 Å². The van der Waals surface area contributed by atoms with Gasteiger partial charge in [-0.05, 0) is 62.2 Å². The molecule has 0 saturated heterocycles. The van der Waals surface area contributed by atoms with Crippen LogP contribution in [-0.4, -0.2) is 26.6 Å². The van der Waals surface area contributed by atoms with Gasteiger partial charge in [-0.15, -0.1) is 0 Å². The number of benzene rings is 2. The average Bonchev–Trinajstić information content (AvgIpc) is 2.48. The van der Waals surface area contributed by atoms with E-state index in [1.165, 1.54) is 0 Å². The van der Waals surface area contributed by atoms with Gasteiger partial charge in [-0.1, -0.05) is 23.7 Å². The number of hydrogen-bond donors (Lipinski definition) is 1. The Kier molecular flexibility index (Phi) is 5.75. The van der Waals surface area contributed by atoms with E-state index < -0.39 is 22.0 Å². The second-order valence-electron chi connectivity index (χ2n) is 6.02. The third kappa shape index (κ3) is 4.74. The van der Waals surface area contributed by atoms with Gasteiger partial charge in [0.1, 0.15) is 6.04 Å². The van der Waals surface area contributed by atoms with E-state index in [2.05, 4.69) is 5.32 Å². The van der Waals surface area contributed by atoms with Crippen molar-refractivity contribution in [1.82, 2.24) is 0 Å². The molecule has 0 saturated carbocycles. The third-order valence-electron chi connectivity index (χ3n) is 3.79. The number of halogens is 1. The largest absolute Gasteiger partial charge is 0.324 e. The zero-order chi connectivity index (χ0) is 18.8. The molecule has 7 heteroatoms. The van der Waals surface area contributed by atoms with Crippen molar-refractivity contribution >= 4 is 38.9 Å². The molecule has 2 aromatic carbocycles. The van der Waals surface area contributed by atoms with Crippen LogP contribution in [0, 0.1) is 13.8 Å². The highest BCUT2D eigenvalue weighted by Crippen LogP contribution is 2.24. The summed E-state index contributed by atoms with van der Waals surface area (Å²) in [6.07, 6.45) is 1.09. The minimum atomic E-state index is -3.64. The van der Waals surface area contributed by atoms with Gasteiger partial charge in [-0.3, -0.25) is 9.10 Å². The van der Waals surface area contributed by atoms with Crippen LogP contribution < -0.4 is 9.62 Å². The maximum absolute atomic E-state index is 12.6. The van der Waals surface area contributed by atoms with E-state index >= 15 is 0 Å². The number of amides is 1. The summed E-state index contributed by atoms with van der Waals surface area (Å²) in [5.74, 6) is -0.419. The summed E-state index contributed by atoms with van der Waals surface area (Å²) in [5.41, 5.74) is 2.76. The molecule has 0 aliphatic carbocycles. The number of hydrogen-bond acceptors (Lipinski definition) is 3. The summed E-state index contributed by atoms with van der Waals surface area (Å²) in [5, 5.41) is 3.34. The zero-order valence-corrected chi connectivity index (χ0v) is 16.1. The quantitative estimate of drug-likeness (QED) is 0.858. The minimum Gasteiger partial charge on any atom is -0.324 e. The molecule has 5 nitrogen and oxygen atoms in total. The first-order chi connectivity index (χ1) is 11.6. The number of aryl methyl sites for hydroxylation is 2. The molecule has 0 unspecified atom stereocenters. The SMILES string of the molecule is Cc1cccc(N([C@@H](C)C(=O)Nc2ccc(Cl)cc2C)S(C)(=O)=O)c1. The zero-order valence-electron chi connectivity index (χ0n) is 14.6. The van der Waals surface area contributed by atoms with Crippen molar-refractivity contribution in [2.75, 3.05) is 15.9 Å². The maximum atomic E-state index is 12.6. The van der Waals surface area contributed by atoms with Crippen LogP contribution >= 0.6 is 11.6 Å². The molecule has 1 atom stereocenters. The number of carbonyl (C=O) groups excluding carboxylic acids is 1. The topological polar surface area (TPSA) is 66.5 Å². The highest BCUT2D eigenvalue weighted by molar-refractivity contribution is 7.92. The van der Waals surface area contributed by atoms with Gasteiger partial charge in [-0.25, -0.2) is 8.42 Å². The highest BCUT2D eigenvalue weighted by atomic mass is 35.5. The normalized spacial score (nSPS) is 12.5. The smallest absolute Gasteiger partial charge is 0.248 e. The second kappa shape index (κ2) is 7.45. The second-order valence-corrected chi connectivity index (χ2v) is 8.32. The van der Waals surface area contributed by atoms with Gasteiger partial charge >= 0.3 is 0 Å². The average molecular weight is 381 g/mol. The number of sulfonamides is 1. The Balaban J connectivity index is 2.33. The number of nitrogens with one attached hydrogen (secondary N) is 1. The highest BCUT2D eigenvalue weighted by Gasteiger charge is 2.29. The molecule has 25 heavy (non-hydrogen) atoms. The van der Waals surface area contributed by atoms with E-state index in [9.17, 15) is 13.2 Å². The van der Waals surface area contributed by atoms with Gasteiger partial charge in [0.2, 0.25) is 15.9 Å². The first-order valence-electron chi connectivity index (χ1n) is 7.72. The molecule has 0 heterocycles. The van der Waals surface area contributed by atoms with Crippen LogP contribution in [-0.2, 0) is 14.8 Å². The van der Waals surface area contributed by atoms with Gasteiger partial charge < -0.3 is 5.32 Å². The van der Waals surface area contributed by atoms with Crippen LogP contribution in [0.4, 0.5) is 11.4 Å². The predicted molar refractivity (Wildman–Crippen MR) is 103 cm³/mol. The Morgan fingerprint density at radius 2 is 1.84 bits per heavy atom. The van der Waals surface area contributed by atoms with E-state index in [1.54, 1.807) is 43.3 Å². The van der Waals surface area contributed by atoms with Crippen LogP contribution in [0.15, 0.2) is 42.5 Å². The van der Waals surface area contributed by atoms with Gasteiger partial charge in [0.15, 0.2) is 0 Å². The maximum Gasteiger partial charge on any atom is 0.248 e. The van der Waals surface area contributed by atoms with E-state index in [-0.39, 0.29) is 0 Å². The van der Waals surface area contributed by atoms with Crippen molar-refractivity contribution in [2.45, 2.75) is 26.8 Å². The van der Waals surface area contributed by atoms with Crippen molar-refractivity contribution < 1.29 is 13.2 Å². The number of rotatable bonds is 5. The van der Waals surface area contributed by atoms with E-state index in [4.69, 9.17) is 11.6 Å². The molecule has 0 bridgehead atoms. The Morgan fingerprint density at radius 3 is 2.40 bits per heavy atom. The first kappa shape index (κ1) is 19.3. The molecular weight excluding hydrogens is 360 g/mol. The summed E-state index contributed by atoms with van der Waals surface area (Å²) in [4.78, 5) is 12.6. The summed E-state index contributed by atoms with van der Waals surface area (Å²) in [7, 11) is -3.64. The molecule has 1 amide bonds. The third-order valence-corrected chi connectivity index (χ3v) is 5.27. The van der Waals surface area contributed by atoms with Gasteiger partial charge in [0, 0.05) is 10.7 Å². The number of nitrogens with zero attached hydrogens (tertiary/aromatic N) is 1. The fourth-order valence-electron chi connectivity index (χ4n) is 2.58. The summed E-state index contributed by atoms with van der Waals surface area (Å²) in [6, 6.07) is 11.2. The summed E-state index contributed by atoms with van der Waals surface area (Å²) < 4.78 is 25.7. The molecule has 0 radical (unpaired) electrons. The summed E-state index contributed by atoms with van der Waals surface area (Å²) in [6.45, 7) is 5.25. The van der Waals surface area contributed by atoms with Crippen LogP contribution in [0.25, 0.3) is 0 Å². The lowest BCUT2D eigenvalue weighted by Gasteiger charge is -2.28. The molecule has 0 aliphatic rings. The van der Waals surface area contributed by atoms with Crippen LogP contribution in [0.1, 0.15) is 18.1 Å². The van der Waals surface area contributed by atoms with Crippen molar-refractivity contribution in [1.29, 1.82) is 0 Å². The molecule has 0 aliphatic heterocycles. The molecule has 2 aromatic rings. The van der Waals surface area contributed by atoms with Crippen molar-refractivity contribution in [3.05, 3.63) is 58.6 Å². The van der Waals surface area contributed by atoms with Gasteiger partial charge in [0.05, 0.1) is 11.9 Å². The standard InChI is InChI=1S/C18H21ClN2O3S/c1-12-6-5-7-16(10-12)21(25(4,23)24)14(3)18(22)20-17-9-8-15(19)11-13(17)2/h5-11,14H,1-4H3,(H,20,22)/t14-/m0/s1. The van der Waals surface area contributed by atoms with E-state index in [1.807, 2.05) is 19.9 Å². The Bertz CT molecular complexity index is 897. The van der Waals surface area contributed by atoms with Crippen molar-refractivity contribution in [2.24, 2.45) is 0 Å². The van der Waals surface area contributed by atoms with Crippen LogP contribution in [0.3, 0.4) is 0 Å². The van der Waals surface area contributed by atoms with Crippen molar-refractivity contribution in [3.63, 3.8) is 0 Å². The van der Waals surface area contributed by atoms with E-state index in [0.717, 1.165) is 21.7 Å². The predicted octanol–water partition coefficient (Wildman–Crippen LogP) is 3.75. The number of carbonyl (C=O) groups is 1. The van der Waals surface area contributed by atoms with Crippen LogP contribution in [0.5, 0.6) is 0 Å². The summed E-state index contributed by atoms with van der Waals surface area (Å²) >= 11 is 5.92. The first-order valence-corrected chi connectivity index (χ1v) is 9.95.